The van der Waals surface area contributed by atoms with Gasteiger partial charge in [-0.3, -0.25) is 9.69 Å². The number of halogens is 1. The number of carbonyl (C=O) groups is 1. The molecule has 2 N–H and O–H groups in total. The summed E-state index contributed by atoms with van der Waals surface area (Å²) in [6.07, 6.45) is 4.84. The number of aromatic nitrogens is 1. The van der Waals surface area contributed by atoms with E-state index in [1.54, 1.807) is 26.4 Å². The van der Waals surface area contributed by atoms with Gasteiger partial charge in [0.05, 0.1) is 0 Å². The lowest BCUT2D eigenvalue weighted by molar-refractivity contribution is -0.127. The van der Waals surface area contributed by atoms with Crippen molar-refractivity contribution < 1.29 is 9.18 Å². The van der Waals surface area contributed by atoms with Gasteiger partial charge in [-0.15, -0.1) is 0 Å². The largest absolute Gasteiger partial charge is 0.355 e. The fourth-order valence-electron chi connectivity index (χ4n) is 4.07. The van der Waals surface area contributed by atoms with Gasteiger partial charge >= 0.3 is 0 Å². The molecule has 2 aliphatic heterocycles. The standard InChI is InChI=1S/C21H34FN7O/c1-4-28-11-6-7-17(28)13-24-21(25-14-19(30)27(2)3)26-16-9-12-29(15-16)20-18(22)8-5-10-23-20/h5,8,10,16-17H,4,6-7,9,11-15H2,1-3H3,(H2,24,25,26). The van der Waals surface area contributed by atoms with Crippen molar-refractivity contribution in [2.24, 2.45) is 4.99 Å². The highest BCUT2D eigenvalue weighted by molar-refractivity contribution is 5.85. The van der Waals surface area contributed by atoms with Gasteiger partial charge in [-0.2, -0.15) is 0 Å². The third kappa shape index (κ3) is 5.81. The quantitative estimate of drug-likeness (QED) is 0.505. The van der Waals surface area contributed by atoms with E-state index in [4.69, 9.17) is 0 Å². The molecule has 1 aromatic heterocycles. The maximum Gasteiger partial charge on any atom is 0.243 e. The van der Waals surface area contributed by atoms with Gasteiger partial charge < -0.3 is 20.4 Å². The van der Waals surface area contributed by atoms with Crippen LogP contribution in [-0.2, 0) is 4.79 Å². The fraction of sp³-hybridized carbons (Fsp3) is 0.667. The summed E-state index contributed by atoms with van der Waals surface area (Å²) >= 11 is 0. The highest BCUT2D eigenvalue weighted by Gasteiger charge is 2.27. The number of carbonyl (C=O) groups excluding carboxylic acids is 1. The molecule has 3 heterocycles. The second kappa shape index (κ2) is 10.6. The van der Waals surface area contributed by atoms with E-state index in [0.29, 0.717) is 24.4 Å². The van der Waals surface area contributed by atoms with Gasteiger partial charge in [0.1, 0.15) is 6.54 Å². The summed E-state index contributed by atoms with van der Waals surface area (Å²) in [5.41, 5.74) is 0. The molecular formula is C21H34FN7O. The van der Waals surface area contributed by atoms with E-state index >= 15 is 0 Å². The molecule has 0 aliphatic carbocycles. The van der Waals surface area contributed by atoms with Crippen molar-refractivity contribution in [2.45, 2.75) is 38.3 Å². The minimum atomic E-state index is -0.303. The summed E-state index contributed by atoms with van der Waals surface area (Å²) in [5.74, 6) is 0.681. The molecule has 166 valence electrons. The Hall–Kier alpha value is -2.42. The molecule has 3 rings (SSSR count). The molecule has 2 aliphatic rings. The minimum Gasteiger partial charge on any atom is -0.355 e. The van der Waals surface area contributed by atoms with Crippen molar-refractivity contribution >= 4 is 17.7 Å². The number of pyridine rings is 1. The van der Waals surface area contributed by atoms with Crippen LogP contribution in [0.4, 0.5) is 10.2 Å². The average molecular weight is 420 g/mol. The summed E-state index contributed by atoms with van der Waals surface area (Å²) in [6, 6.07) is 3.63. The minimum absolute atomic E-state index is 0.0456. The molecule has 0 bridgehead atoms. The number of likely N-dealkylation sites (tertiary alicyclic amines) is 1. The summed E-state index contributed by atoms with van der Waals surface area (Å²) in [7, 11) is 3.46. The SMILES string of the molecule is CCN1CCCC1CNC(=NCC(=O)N(C)C)NC1CCN(c2ncccc2F)C1. The van der Waals surface area contributed by atoms with Crippen LogP contribution >= 0.6 is 0 Å². The molecule has 1 aromatic rings. The Morgan fingerprint density at radius 2 is 2.20 bits per heavy atom. The van der Waals surface area contributed by atoms with E-state index < -0.39 is 0 Å². The van der Waals surface area contributed by atoms with Crippen molar-refractivity contribution in [3.8, 4) is 0 Å². The molecule has 0 radical (unpaired) electrons. The van der Waals surface area contributed by atoms with E-state index in [1.807, 2.05) is 4.90 Å². The zero-order valence-corrected chi connectivity index (χ0v) is 18.3. The number of nitrogens with zero attached hydrogens (tertiary/aromatic N) is 5. The number of amides is 1. The number of likely N-dealkylation sites (N-methyl/N-ethyl adjacent to an activating group) is 2. The zero-order chi connectivity index (χ0) is 21.5. The molecule has 2 saturated heterocycles. The van der Waals surface area contributed by atoms with Crippen molar-refractivity contribution in [3.05, 3.63) is 24.1 Å². The van der Waals surface area contributed by atoms with Gasteiger partial charge in [0, 0.05) is 52.0 Å². The average Bonchev–Trinajstić information content (AvgIpc) is 3.39. The Morgan fingerprint density at radius 3 is 2.93 bits per heavy atom. The van der Waals surface area contributed by atoms with E-state index in [-0.39, 0.29) is 24.3 Å². The lowest BCUT2D eigenvalue weighted by Crippen LogP contribution is -2.49. The van der Waals surface area contributed by atoms with Crippen molar-refractivity contribution in [3.63, 3.8) is 0 Å². The maximum absolute atomic E-state index is 14.1. The van der Waals surface area contributed by atoms with E-state index in [1.165, 1.54) is 23.8 Å². The Morgan fingerprint density at radius 1 is 1.37 bits per heavy atom. The summed E-state index contributed by atoms with van der Waals surface area (Å²) < 4.78 is 14.1. The molecule has 1 amide bonds. The first-order valence-electron chi connectivity index (χ1n) is 10.8. The Labute approximate surface area is 178 Å². The smallest absolute Gasteiger partial charge is 0.243 e. The first-order chi connectivity index (χ1) is 14.5. The molecule has 2 atom stereocenters. The highest BCUT2D eigenvalue weighted by Crippen LogP contribution is 2.21. The number of nitrogens with one attached hydrogen (secondary N) is 2. The fourth-order valence-corrected chi connectivity index (χ4v) is 4.07. The van der Waals surface area contributed by atoms with Crippen LogP contribution in [0.1, 0.15) is 26.2 Å². The third-order valence-corrected chi connectivity index (χ3v) is 5.85. The van der Waals surface area contributed by atoms with Crippen LogP contribution < -0.4 is 15.5 Å². The van der Waals surface area contributed by atoms with Gasteiger partial charge in [0.15, 0.2) is 17.6 Å². The van der Waals surface area contributed by atoms with Crippen molar-refractivity contribution in [1.82, 2.24) is 25.4 Å². The lowest BCUT2D eigenvalue weighted by Gasteiger charge is -2.25. The molecule has 0 saturated carbocycles. The van der Waals surface area contributed by atoms with Crippen LogP contribution in [0.5, 0.6) is 0 Å². The topological polar surface area (TPSA) is 76.1 Å². The van der Waals surface area contributed by atoms with Gasteiger partial charge in [-0.1, -0.05) is 6.92 Å². The predicted octanol–water partition coefficient (Wildman–Crippen LogP) is 0.907. The van der Waals surface area contributed by atoms with Crippen LogP contribution in [0, 0.1) is 5.82 Å². The number of anilines is 1. The lowest BCUT2D eigenvalue weighted by atomic mass is 10.2. The molecule has 2 unspecified atom stereocenters. The summed E-state index contributed by atoms with van der Waals surface area (Å²) in [5, 5.41) is 6.88. The third-order valence-electron chi connectivity index (χ3n) is 5.85. The van der Waals surface area contributed by atoms with Crippen LogP contribution in [0.15, 0.2) is 23.3 Å². The predicted molar refractivity (Wildman–Crippen MR) is 117 cm³/mol. The highest BCUT2D eigenvalue weighted by atomic mass is 19.1. The molecule has 2 fully saturated rings. The molecular weight excluding hydrogens is 385 g/mol. The van der Waals surface area contributed by atoms with Gasteiger partial charge in [-0.05, 0) is 44.5 Å². The zero-order valence-electron chi connectivity index (χ0n) is 18.3. The monoisotopic (exact) mass is 419 g/mol. The second-order valence-corrected chi connectivity index (χ2v) is 8.14. The maximum atomic E-state index is 14.1. The number of hydrogen-bond donors (Lipinski definition) is 2. The molecule has 0 aromatic carbocycles. The first kappa shape index (κ1) is 22.3. The van der Waals surface area contributed by atoms with Crippen LogP contribution in [0.25, 0.3) is 0 Å². The summed E-state index contributed by atoms with van der Waals surface area (Å²) in [4.78, 5) is 26.7. The Bertz CT molecular complexity index is 742. The number of guanidine groups is 1. The van der Waals surface area contributed by atoms with Gasteiger partial charge in [-0.25, -0.2) is 14.4 Å². The number of hydrogen-bond acceptors (Lipinski definition) is 5. The van der Waals surface area contributed by atoms with Gasteiger partial charge in [0.2, 0.25) is 5.91 Å². The number of aliphatic imine (C=N–C) groups is 1. The van der Waals surface area contributed by atoms with E-state index in [2.05, 4.69) is 32.4 Å². The Kier molecular flexibility index (Phi) is 7.84. The van der Waals surface area contributed by atoms with E-state index in [0.717, 1.165) is 32.6 Å². The van der Waals surface area contributed by atoms with Crippen LogP contribution in [0.2, 0.25) is 0 Å². The van der Waals surface area contributed by atoms with Crippen LogP contribution in [-0.4, -0.2) is 92.1 Å². The second-order valence-electron chi connectivity index (χ2n) is 8.14. The Balaban J connectivity index is 1.61. The normalized spacial score (nSPS) is 22.4. The van der Waals surface area contributed by atoms with Gasteiger partial charge in [0.25, 0.3) is 0 Å². The first-order valence-corrected chi connectivity index (χ1v) is 10.8. The molecule has 0 spiro atoms. The van der Waals surface area contributed by atoms with Crippen molar-refractivity contribution in [1.29, 1.82) is 0 Å². The van der Waals surface area contributed by atoms with Crippen molar-refractivity contribution in [2.75, 3.05) is 58.3 Å². The number of rotatable bonds is 7. The summed E-state index contributed by atoms with van der Waals surface area (Å²) in [6.45, 7) is 6.61. The van der Waals surface area contributed by atoms with Crippen LogP contribution in [0.3, 0.4) is 0 Å². The molecule has 30 heavy (non-hydrogen) atoms. The molecule has 8 nitrogen and oxygen atoms in total. The van der Waals surface area contributed by atoms with E-state index in [9.17, 15) is 9.18 Å². The molecule has 9 heteroatoms.